The van der Waals surface area contributed by atoms with Gasteiger partial charge in [0.05, 0.1) is 16.6 Å². The molecule has 1 unspecified atom stereocenters. The van der Waals surface area contributed by atoms with E-state index in [0.717, 1.165) is 0 Å². The molecule has 1 heterocycles. The highest BCUT2D eigenvalue weighted by Gasteiger charge is 2.14. The van der Waals surface area contributed by atoms with E-state index in [9.17, 15) is 10.2 Å². The van der Waals surface area contributed by atoms with Gasteiger partial charge in [-0.3, -0.25) is 4.68 Å². The summed E-state index contributed by atoms with van der Waals surface area (Å²) in [7, 11) is 0. The van der Waals surface area contributed by atoms with Crippen LogP contribution in [0.4, 0.5) is 0 Å². The third kappa shape index (κ3) is 3.79. The number of benzene rings is 2. The lowest BCUT2D eigenvalue weighted by Crippen LogP contribution is -2.09. The zero-order valence-corrected chi connectivity index (χ0v) is 13.8. The van der Waals surface area contributed by atoms with Crippen molar-refractivity contribution in [1.29, 1.82) is 0 Å². The predicted molar refractivity (Wildman–Crippen MR) is 89.6 cm³/mol. The summed E-state index contributed by atoms with van der Waals surface area (Å²) in [6, 6.07) is 9.51. The number of halogens is 2. The second-order valence-electron chi connectivity index (χ2n) is 5.03. The van der Waals surface area contributed by atoms with Crippen molar-refractivity contribution in [2.24, 2.45) is 0 Å². The molecule has 0 saturated heterocycles. The summed E-state index contributed by atoms with van der Waals surface area (Å²) in [4.78, 5) is 3.82. The van der Waals surface area contributed by atoms with Gasteiger partial charge in [-0.05, 0) is 24.3 Å². The molecule has 8 heteroatoms. The number of aliphatic hydroxyl groups is 1. The van der Waals surface area contributed by atoms with E-state index in [1.165, 1.54) is 29.5 Å². The van der Waals surface area contributed by atoms with Crippen molar-refractivity contribution in [2.75, 3.05) is 0 Å². The number of nitrogens with zero attached hydrogens (tertiary/aromatic N) is 3. The molecule has 2 N–H and O–H groups in total. The average molecular weight is 366 g/mol. The largest absolute Gasteiger partial charge is 0.506 e. The molecule has 0 bridgehead atoms. The molecule has 0 radical (unpaired) electrons. The van der Waals surface area contributed by atoms with Crippen molar-refractivity contribution in [2.45, 2.75) is 12.6 Å². The van der Waals surface area contributed by atoms with Gasteiger partial charge in [0, 0.05) is 11.6 Å². The molecule has 0 aliphatic heterocycles. The third-order valence-corrected chi connectivity index (χ3v) is 3.96. The Morgan fingerprint density at radius 2 is 1.83 bits per heavy atom. The number of aromatic nitrogens is 3. The maximum atomic E-state index is 10.3. The van der Waals surface area contributed by atoms with Gasteiger partial charge in [-0.15, -0.1) is 0 Å². The summed E-state index contributed by atoms with van der Waals surface area (Å²) in [5, 5.41) is 24.4. The Labute approximate surface area is 147 Å². The molecule has 0 fully saturated rings. The lowest BCUT2D eigenvalue weighted by molar-refractivity contribution is 0.151. The van der Waals surface area contributed by atoms with Crippen molar-refractivity contribution >= 4 is 23.2 Å². The molecule has 0 saturated carbocycles. The van der Waals surface area contributed by atoms with Gasteiger partial charge in [0.1, 0.15) is 36.0 Å². The first-order valence-corrected chi connectivity index (χ1v) is 7.75. The Kier molecular flexibility index (Phi) is 4.89. The van der Waals surface area contributed by atoms with Crippen LogP contribution in [0.15, 0.2) is 49.1 Å². The van der Waals surface area contributed by atoms with Crippen molar-refractivity contribution in [1.82, 2.24) is 14.8 Å². The minimum atomic E-state index is -0.826. The Morgan fingerprint density at radius 1 is 1.08 bits per heavy atom. The van der Waals surface area contributed by atoms with E-state index in [0.29, 0.717) is 22.1 Å². The van der Waals surface area contributed by atoms with Crippen LogP contribution in [0.2, 0.25) is 10.0 Å². The summed E-state index contributed by atoms with van der Waals surface area (Å²) in [6.45, 7) is 0.241. The van der Waals surface area contributed by atoms with Crippen molar-refractivity contribution in [3.63, 3.8) is 0 Å². The highest BCUT2D eigenvalue weighted by Crippen LogP contribution is 2.33. The molecule has 0 aliphatic carbocycles. The smallest absolute Gasteiger partial charge is 0.137 e. The van der Waals surface area contributed by atoms with Crippen LogP contribution >= 0.6 is 23.2 Å². The average Bonchev–Trinajstić information content (AvgIpc) is 3.04. The van der Waals surface area contributed by atoms with Crippen LogP contribution in [-0.4, -0.2) is 25.0 Å². The fraction of sp³-hybridized carbons (Fsp3) is 0.125. The van der Waals surface area contributed by atoms with Gasteiger partial charge in [-0.2, -0.15) is 5.10 Å². The molecule has 3 rings (SSSR count). The number of phenolic OH excluding ortho intramolecular Hbond substituents is 1. The van der Waals surface area contributed by atoms with Gasteiger partial charge in [0.15, 0.2) is 0 Å². The standard InChI is InChI=1S/C16H13Cl2N3O3/c17-13-4-2-11(6-15(13)22)24-10-1-3-12(14(18)5-10)16(23)7-21-9-19-8-20-21/h1-6,8-9,16,22-23H,7H2. The van der Waals surface area contributed by atoms with E-state index < -0.39 is 6.10 Å². The molecule has 1 aromatic heterocycles. The van der Waals surface area contributed by atoms with Crippen LogP contribution in [0.25, 0.3) is 0 Å². The number of phenols is 1. The number of ether oxygens (including phenoxy) is 1. The first-order valence-electron chi connectivity index (χ1n) is 6.99. The molecular formula is C16H13Cl2N3O3. The third-order valence-electron chi connectivity index (χ3n) is 3.31. The fourth-order valence-electron chi connectivity index (χ4n) is 2.14. The zero-order chi connectivity index (χ0) is 17.1. The highest BCUT2D eigenvalue weighted by atomic mass is 35.5. The maximum Gasteiger partial charge on any atom is 0.137 e. The summed E-state index contributed by atoms with van der Waals surface area (Å²) >= 11 is 12.0. The van der Waals surface area contributed by atoms with Crippen LogP contribution in [0.1, 0.15) is 11.7 Å². The summed E-state index contributed by atoms with van der Waals surface area (Å²) < 4.78 is 7.14. The zero-order valence-electron chi connectivity index (χ0n) is 12.3. The highest BCUT2D eigenvalue weighted by molar-refractivity contribution is 6.32. The van der Waals surface area contributed by atoms with Crippen molar-refractivity contribution in [3.05, 3.63) is 64.7 Å². The molecule has 3 aromatic rings. The molecule has 6 nitrogen and oxygen atoms in total. The second kappa shape index (κ2) is 7.09. The Hall–Kier alpha value is -2.28. The Balaban J connectivity index is 1.75. The van der Waals surface area contributed by atoms with Crippen LogP contribution in [0.3, 0.4) is 0 Å². The monoisotopic (exact) mass is 365 g/mol. The predicted octanol–water partition coefficient (Wildman–Crippen LogP) is 3.82. The number of hydrogen-bond donors (Lipinski definition) is 2. The van der Waals surface area contributed by atoms with E-state index in [-0.39, 0.29) is 17.3 Å². The van der Waals surface area contributed by atoms with Gasteiger partial charge in [0.2, 0.25) is 0 Å². The van der Waals surface area contributed by atoms with Crippen LogP contribution in [-0.2, 0) is 6.54 Å². The summed E-state index contributed by atoms with van der Waals surface area (Å²) in [5.74, 6) is 0.822. The van der Waals surface area contributed by atoms with E-state index in [1.54, 1.807) is 24.3 Å². The molecule has 0 spiro atoms. The van der Waals surface area contributed by atoms with Gasteiger partial charge in [-0.1, -0.05) is 29.3 Å². The van der Waals surface area contributed by atoms with Gasteiger partial charge >= 0.3 is 0 Å². The van der Waals surface area contributed by atoms with Gasteiger partial charge in [-0.25, -0.2) is 4.98 Å². The second-order valence-corrected chi connectivity index (χ2v) is 5.85. The van der Waals surface area contributed by atoms with E-state index in [1.807, 2.05) is 0 Å². The molecule has 24 heavy (non-hydrogen) atoms. The number of rotatable bonds is 5. The van der Waals surface area contributed by atoms with Crippen molar-refractivity contribution in [3.8, 4) is 17.2 Å². The molecule has 2 aromatic carbocycles. The van der Waals surface area contributed by atoms with Crippen LogP contribution < -0.4 is 4.74 Å². The molecule has 124 valence electrons. The van der Waals surface area contributed by atoms with E-state index >= 15 is 0 Å². The first kappa shape index (κ1) is 16.6. The topological polar surface area (TPSA) is 80.4 Å². The Bertz CT molecular complexity index is 841. The molecular weight excluding hydrogens is 353 g/mol. The molecule has 1 atom stereocenters. The minimum absolute atomic E-state index is 0.0693. The van der Waals surface area contributed by atoms with E-state index in [4.69, 9.17) is 27.9 Å². The van der Waals surface area contributed by atoms with Crippen LogP contribution in [0, 0.1) is 0 Å². The first-order chi connectivity index (χ1) is 11.5. The summed E-state index contributed by atoms with van der Waals surface area (Å²) in [5.41, 5.74) is 0.554. The fourth-order valence-corrected chi connectivity index (χ4v) is 2.55. The normalized spacial score (nSPS) is 12.1. The van der Waals surface area contributed by atoms with Gasteiger partial charge in [0.25, 0.3) is 0 Å². The molecule has 0 amide bonds. The lowest BCUT2D eigenvalue weighted by Gasteiger charge is -2.14. The number of aliphatic hydroxyl groups excluding tert-OH is 1. The molecule has 0 aliphatic rings. The number of hydrogen-bond acceptors (Lipinski definition) is 5. The van der Waals surface area contributed by atoms with Gasteiger partial charge < -0.3 is 14.9 Å². The van der Waals surface area contributed by atoms with Crippen LogP contribution in [0.5, 0.6) is 17.2 Å². The minimum Gasteiger partial charge on any atom is -0.506 e. The quantitative estimate of drug-likeness (QED) is 0.718. The Morgan fingerprint density at radius 3 is 2.50 bits per heavy atom. The maximum absolute atomic E-state index is 10.3. The van der Waals surface area contributed by atoms with Crippen molar-refractivity contribution < 1.29 is 14.9 Å². The SMILES string of the molecule is Oc1cc(Oc2ccc(C(O)Cn3cncn3)c(Cl)c2)ccc1Cl. The van der Waals surface area contributed by atoms with E-state index in [2.05, 4.69) is 10.1 Å². The number of aromatic hydroxyl groups is 1. The lowest BCUT2D eigenvalue weighted by atomic mass is 10.1. The summed E-state index contributed by atoms with van der Waals surface area (Å²) in [6.07, 6.45) is 2.09.